The molecule has 2 aromatic heterocycles. The van der Waals surface area contributed by atoms with Gasteiger partial charge in [0.25, 0.3) is 5.91 Å². The molecule has 0 aromatic carbocycles. The molecule has 2 aromatic rings. The zero-order valence-corrected chi connectivity index (χ0v) is 14.4. The second-order valence-corrected chi connectivity index (χ2v) is 6.16. The van der Waals surface area contributed by atoms with E-state index in [1.54, 1.807) is 18.3 Å². The summed E-state index contributed by atoms with van der Waals surface area (Å²) in [5, 5.41) is 13.5. The highest BCUT2D eigenvalue weighted by molar-refractivity contribution is 7.98. The molecule has 0 aliphatic rings. The lowest BCUT2D eigenvalue weighted by molar-refractivity contribution is -0.137. The number of aliphatic carboxylic acids is 1. The van der Waals surface area contributed by atoms with Crippen molar-refractivity contribution in [2.45, 2.75) is 31.0 Å². The minimum atomic E-state index is -1.03. The van der Waals surface area contributed by atoms with Crippen molar-refractivity contribution in [1.29, 1.82) is 0 Å². The van der Waals surface area contributed by atoms with E-state index in [2.05, 4.69) is 10.1 Å². The van der Waals surface area contributed by atoms with Gasteiger partial charge in [-0.25, -0.2) is 4.98 Å². The predicted molar refractivity (Wildman–Crippen MR) is 88.9 cm³/mol. The van der Waals surface area contributed by atoms with Crippen LogP contribution < -0.4 is 0 Å². The monoisotopic (exact) mass is 349 g/mol. The fourth-order valence-electron chi connectivity index (χ4n) is 2.15. The number of amides is 1. The molecule has 0 atom stereocenters. The molecule has 8 heteroatoms. The van der Waals surface area contributed by atoms with Crippen LogP contribution in [0.2, 0.25) is 0 Å². The van der Waals surface area contributed by atoms with Gasteiger partial charge in [0.15, 0.2) is 0 Å². The number of carboxylic acid groups (broad SMARTS) is 1. The van der Waals surface area contributed by atoms with Crippen molar-refractivity contribution in [1.82, 2.24) is 15.0 Å². The van der Waals surface area contributed by atoms with Gasteiger partial charge in [0.05, 0.1) is 11.3 Å². The van der Waals surface area contributed by atoms with Crippen LogP contribution >= 0.6 is 11.8 Å². The van der Waals surface area contributed by atoms with E-state index in [4.69, 9.17) is 9.63 Å². The third-order valence-corrected chi connectivity index (χ3v) is 4.18. The van der Waals surface area contributed by atoms with Gasteiger partial charge in [-0.3, -0.25) is 9.59 Å². The predicted octanol–water partition coefficient (Wildman–Crippen LogP) is 2.61. The van der Waals surface area contributed by atoms with Crippen LogP contribution in [0.25, 0.3) is 0 Å². The minimum Gasteiger partial charge on any atom is -0.480 e. The van der Waals surface area contributed by atoms with E-state index < -0.39 is 5.97 Å². The van der Waals surface area contributed by atoms with Gasteiger partial charge in [-0.1, -0.05) is 23.8 Å². The van der Waals surface area contributed by atoms with Crippen LogP contribution in [0.1, 0.15) is 35.2 Å². The number of carbonyl (C=O) groups excluding carboxylic acids is 1. The molecule has 0 fully saturated rings. The molecule has 24 heavy (non-hydrogen) atoms. The van der Waals surface area contributed by atoms with E-state index >= 15 is 0 Å². The number of rotatable bonds is 8. The van der Waals surface area contributed by atoms with E-state index in [0.29, 0.717) is 29.3 Å². The molecular formula is C16H19N3O4S. The van der Waals surface area contributed by atoms with Crippen molar-refractivity contribution in [3.05, 3.63) is 41.4 Å². The summed E-state index contributed by atoms with van der Waals surface area (Å²) < 4.78 is 5.02. The molecule has 1 N–H and O–H groups in total. The quantitative estimate of drug-likeness (QED) is 0.732. The second-order valence-electron chi connectivity index (χ2n) is 5.19. The van der Waals surface area contributed by atoms with Crippen LogP contribution in [0.5, 0.6) is 0 Å². The van der Waals surface area contributed by atoms with Crippen LogP contribution in [-0.4, -0.2) is 45.1 Å². The smallest absolute Gasteiger partial charge is 0.323 e. The number of hydrogen-bond acceptors (Lipinski definition) is 6. The Morgan fingerprint density at radius 3 is 2.83 bits per heavy atom. The number of thioether (sulfide) groups is 1. The lowest BCUT2D eigenvalue weighted by Crippen LogP contribution is -2.36. The molecule has 0 spiro atoms. The first-order valence-corrected chi connectivity index (χ1v) is 8.51. The summed E-state index contributed by atoms with van der Waals surface area (Å²) in [5.41, 5.74) is 1.16. The lowest BCUT2D eigenvalue weighted by Gasteiger charge is -2.20. The van der Waals surface area contributed by atoms with Crippen LogP contribution in [-0.2, 0) is 10.5 Å². The van der Waals surface area contributed by atoms with Gasteiger partial charge in [0, 0.05) is 24.6 Å². The first-order chi connectivity index (χ1) is 11.5. The second kappa shape index (κ2) is 8.49. The molecule has 128 valence electrons. The maximum atomic E-state index is 12.7. The maximum Gasteiger partial charge on any atom is 0.323 e. The van der Waals surface area contributed by atoms with Gasteiger partial charge >= 0.3 is 5.97 Å². The highest BCUT2D eigenvalue weighted by Crippen LogP contribution is 2.25. The molecule has 0 saturated carbocycles. The Morgan fingerprint density at radius 2 is 2.21 bits per heavy atom. The maximum absolute atomic E-state index is 12.7. The Balaban J connectivity index is 2.16. The highest BCUT2D eigenvalue weighted by atomic mass is 32.2. The summed E-state index contributed by atoms with van der Waals surface area (Å²) in [5.74, 6) is -0.126. The number of carbonyl (C=O) groups is 2. The van der Waals surface area contributed by atoms with Gasteiger partial charge in [0.1, 0.15) is 17.3 Å². The summed E-state index contributed by atoms with van der Waals surface area (Å²) in [6, 6.07) is 5.16. The van der Waals surface area contributed by atoms with E-state index in [0.717, 1.165) is 11.5 Å². The summed E-state index contributed by atoms with van der Waals surface area (Å²) in [6.07, 6.45) is 2.29. The number of nitrogens with zero attached hydrogens (tertiary/aromatic N) is 3. The molecule has 2 heterocycles. The van der Waals surface area contributed by atoms with E-state index in [1.165, 1.54) is 16.7 Å². The first-order valence-electron chi connectivity index (χ1n) is 7.52. The molecule has 2 rings (SSSR count). The number of aromatic nitrogens is 2. The number of pyridine rings is 1. The molecule has 0 aliphatic heterocycles. The lowest BCUT2D eigenvalue weighted by atomic mass is 10.2. The molecule has 0 saturated heterocycles. The minimum absolute atomic E-state index is 0.325. The zero-order valence-electron chi connectivity index (χ0n) is 13.6. The molecule has 0 unspecified atom stereocenters. The molecular weight excluding hydrogens is 330 g/mol. The summed E-state index contributed by atoms with van der Waals surface area (Å²) in [6.45, 7) is 3.76. The Morgan fingerprint density at radius 1 is 1.42 bits per heavy atom. The Labute approximate surface area is 144 Å². The normalized spacial score (nSPS) is 10.6. The molecule has 0 radical (unpaired) electrons. The largest absolute Gasteiger partial charge is 0.480 e. The fourth-order valence-corrected chi connectivity index (χ4v) is 3.02. The van der Waals surface area contributed by atoms with Crippen LogP contribution in [0.4, 0.5) is 0 Å². The molecule has 1 amide bonds. The van der Waals surface area contributed by atoms with Crippen molar-refractivity contribution in [2.75, 3.05) is 13.1 Å². The van der Waals surface area contributed by atoms with Crippen molar-refractivity contribution in [3.8, 4) is 0 Å². The fraction of sp³-hybridized carbons (Fsp3) is 0.375. The first kappa shape index (κ1) is 18.0. The average molecular weight is 349 g/mol. The summed E-state index contributed by atoms with van der Waals surface area (Å²) in [4.78, 5) is 29.2. The zero-order chi connectivity index (χ0) is 17.5. The van der Waals surface area contributed by atoms with E-state index in [-0.39, 0.29) is 12.5 Å². The Kier molecular flexibility index (Phi) is 6.36. The average Bonchev–Trinajstić information content (AvgIpc) is 2.97. The van der Waals surface area contributed by atoms with Gasteiger partial charge in [-0.2, -0.15) is 0 Å². The van der Waals surface area contributed by atoms with Gasteiger partial charge in [-0.05, 0) is 25.5 Å². The summed E-state index contributed by atoms with van der Waals surface area (Å²) in [7, 11) is 0. The standard InChI is InChI=1S/C16H19N3O4S/c1-3-7-19(9-14(20)21)16(22)13-5-4-6-17-15(13)24-10-12-8-11(2)23-18-12/h4-6,8H,3,7,9-10H2,1-2H3,(H,20,21). The molecule has 0 aliphatic carbocycles. The SMILES string of the molecule is CCCN(CC(=O)O)C(=O)c1cccnc1SCc1cc(C)on1. The summed E-state index contributed by atoms with van der Waals surface area (Å²) >= 11 is 1.37. The number of carboxylic acids is 1. The third-order valence-electron chi connectivity index (χ3n) is 3.14. The van der Waals surface area contributed by atoms with Gasteiger partial charge < -0.3 is 14.5 Å². The number of hydrogen-bond donors (Lipinski definition) is 1. The van der Waals surface area contributed by atoms with Crippen molar-refractivity contribution in [3.63, 3.8) is 0 Å². The van der Waals surface area contributed by atoms with Crippen molar-refractivity contribution >= 4 is 23.6 Å². The van der Waals surface area contributed by atoms with Crippen LogP contribution in [0.15, 0.2) is 33.9 Å². The Hall–Kier alpha value is -2.35. The topological polar surface area (TPSA) is 96.5 Å². The van der Waals surface area contributed by atoms with Crippen molar-refractivity contribution in [2.24, 2.45) is 0 Å². The van der Waals surface area contributed by atoms with Crippen molar-refractivity contribution < 1.29 is 19.2 Å². The third kappa shape index (κ3) is 4.82. The van der Waals surface area contributed by atoms with E-state index in [9.17, 15) is 9.59 Å². The molecule has 0 bridgehead atoms. The Bertz CT molecular complexity index is 717. The van der Waals surface area contributed by atoms with Gasteiger partial charge in [0.2, 0.25) is 0 Å². The van der Waals surface area contributed by atoms with E-state index in [1.807, 2.05) is 19.9 Å². The van der Waals surface area contributed by atoms with Crippen LogP contribution in [0, 0.1) is 6.92 Å². The number of aryl methyl sites for hydroxylation is 1. The molecule has 7 nitrogen and oxygen atoms in total. The van der Waals surface area contributed by atoms with Gasteiger partial charge in [-0.15, -0.1) is 0 Å². The van der Waals surface area contributed by atoms with Crippen LogP contribution in [0.3, 0.4) is 0 Å². The highest BCUT2D eigenvalue weighted by Gasteiger charge is 2.21.